The predicted molar refractivity (Wildman–Crippen MR) is 123 cm³/mol. The van der Waals surface area contributed by atoms with Crippen LogP contribution in [0.1, 0.15) is 30.9 Å². The predicted octanol–water partition coefficient (Wildman–Crippen LogP) is 2.55. The summed E-state index contributed by atoms with van der Waals surface area (Å²) < 4.78 is 32.6. The van der Waals surface area contributed by atoms with Crippen molar-refractivity contribution in [3.63, 3.8) is 0 Å². The minimum atomic E-state index is -3.96. The number of sulfonamides is 1. The van der Waals surface area contributed by atoms with Crippen molar-refractivity contribution in [2.75, 3.05) is 13.1 Å². The summed E-state index contributed by atoms with van der Waals surface area (Å²) in [7, 11) is -3.96. The molecular weight excluding hydrogens is 462 g/mol. The number of ether oxygens (including phenoxy) is 1. The largest absolute Gasteiger partial charge is 0.452 e. The van der Waals surface area contributed by atoms with Crippen LogP contribution >= 0.6 is 0 Å². The summed E-state index contributed by atoms with van der Waals surface area (Å²) in [6.07, 6.45) is -0.528. The molecule has 1 amide bonds. The standard InChI is InChI=1S/C23H27N3O7S/c1-16-8-9-20(26(29)30)14-21(16)34(31,32)25-12-10-19(11-13-25)23(28)33-17(2)22(27)24-15-18-6-4-3-5-7-18/h3-9,14,17,19H,10-13,15H2,1-2H3,(H,24,27)/t17-/m1/s1. The summed E-state index contributed by atoms with van der Waals surface area (Å²) in [6.45, 7) is 3.51. The Bertz CT molecular complexity index is 1160. The second-order valence-corrected chi connectivity index (χ2v) is 10.1. The van der Waals surface area contributed by atoms with Crippen LogP contribution in [0, 0.1) is 23.0 Å². The molecule has 1 saturated heterocycles. The number of carbonyl (C=O) groups excluding carboxylic acids is 2. The Hall–Kier alpha value is -3.31. The number of benzene rings is 2. The second kappa shape index (κ2) is 10.7. The van der Waals surface area contributed by atoms with Crippen LogP contribution in [0.4, 0.5) is 5.69 Å². The molecule has 0 saturated carbocycles. The lowest BCUT2D eigenvalue weighted by molar-refractivity contribution is -0.385. The van der Waals surface area contributed by atoms with E-state index in [1.807, 2.05) is 30.3 Å². The zero-order valence-electron chi connectivity index (χ0n) is 19.0. The first-order valence-corrected chi connectivity index (χ1v) is 12.3. The maximum absolute atomic E-state index is 13.0. The van der Waals surface area contributed by atoms with E-state index in [2.05, 4.69) is 5.32 Å². The molecule has 11 heteroatoms. The smallest absolute Gasteiger partial charge is 0.309 e. The molecule has 0 bridgehead atoms. The van der Waals surface area contributed by atoms with E-state index in [9.17, 15) is 28.1 Å². The molecule has 0 aromatic heterocycles. The van der Waals surface area contributed by atoms with Crippen LogP contribution in [0.2, 0.25) is 0 Å². The molecular formula is C23H27N3O7S. The summed E-state index contributed by atoms with van der Waals surface area (Å²) in [5.41, 5.74) is 1.02. The first-order chi connectivity index (χ1) is 16.1. The van der Waals surface area contributed by atoms with Crippen molar-refractivity contribution in [3.05, 3.63) is 69.8 Å². The third kappa shape index (κ3) is 5.97. The molecule has 2 aromatic rings. The van der Waals surface area contributed by atoms with Gasteiger partial charge in [0.1, 0.15) is 0 Å². The Morgan fingerprint density at radius 2 is 1.82 bits per heavy atom. The third-order valence-corrected chi connectivity index (χ3v) is 7.80. The van der Waals surface area contributed by atoms with E-state index in [0.717, 1.165) is 11.6 Å². The number of nitro groups is 1. The van der Waals surface area contributed by atoms with Gasteiger partial charge >= 0.3 is 5.97 Å². The van der Waals surface area contributed by atoms with Gasteiger partial charge in [-0.2, -0.15) is 4.31 Å². The van der Waals surface area contributed by atoms with Crippen LogP contribution in [0.3, 0.4) is 0 Å². The SMILES string of the molecule is Cc1ccc([N+](=O)[O-])cc1S(=O)(=O)N1CCC(C(=O)O[C@H](C)C(=O)NCc2ccccc2)CC1. The summed E-state index contributed by atoms with van der Waals surface area (Å²) in [5, 5.41) is 13.8. The highest BCUT2D eigenvalue weighted by Crippen LogP contribution is 2.28. The Morgan fingerprint density at radius 1 is 1.18 bits per heavy atom. The number of esters is 1. The molecule has 10 nitrogen and oxygen atoms in total. The van der Waals surface area contributed by atoms with E-state index in [1.165, 1.54) is 23.4 Å². The van der Waals surface area contributed by atoms with Crippen LogP contribution in [0.25, 0.3) is 0 Å². The summed E-state index contributed by atoms with van der Waals surface area (Å²) in [6, 6.07) is 13.0. The van der Waals surface area contributed by atoms with Crippen LogP contribution in [-0.4, -0.2) is 48.7 Å². The lowest BCUT2D eigenvalue weighted by Crippen LogP contribution is -2.42. The van der Waals surface area contributed by atoms with Crippen molar-refractivity contribution < 1.29 is 27.7 Å². The first kappa shape index (κ1) is 25.3. The maximum atomic E-state index is 13.0. The third-order valence-electron chi connectivity index (χ3n) is 5.76. The lowest BCUT2D eigenvalue weighted by atomic mass is 9.98. The number of amides is 1. The molecule has 1 N–H and O–H groups in total. The van der Waals surface area contributed by atoms with Gasteiger partial charge in [0, 0.05) is 31.8 Å². The quantitative estimate of drug-likeness (QED) is 0.342. The topological polar surface area (TPSA) is 136 Å². The number of piperidine rings is 1. The molecule has 1 aliphatic heterocycles. The molecule has 0 unspecified atom stereocenters. The number of hydrogen-bond acceptors (Lipinski definition) is 7. The molecule has 1 aliphatic rings. The fraction of sp³-hybridized carbons (Fsp3) is 0.391. The monoisotopic (exact) mass is 489 g/mol. The number of rotatable bonds is 8. The van der Waals surface area contributed by atoms with E-state index < -0.39 is 38.8 Å². The highest BCUT2D eigenvalue weighted by atomic mass is 32.2. The number of aryl methyl sites for hydroxylation is 1. The molecule has 1 fully saturated rings. The van der Waals surface area contributed by atoms with Crippen molar-refractivity contribution in [3.8, 4) is 0 Å². The minimum Gasteiger partial charge on any atom is -0.452 e. The van der Waals surface area contributed by atoms with Gasteiger partial charge in [0.15, 0.2) is 6.10 Å². The number of nitro benzene ring substituents is 1. The Balaban J connectivity index is 1.54. The fourth-order valence-electron chi connectivity index (χ4n) is 3.70. The summed E-state index contributed by atoms with van der Waals surface area (Å²) >= 11 is 0. The molecule has 3 rings (SSSR count). The van der Waals surface area contributed by atoms with Crippen molar-refractivity contribution in [2.45, 2.75) is 44.2 Å². The molecule has 1 atom stereocenters. The summed E-state index contributed by atoms with van der Waals surface area (Å²) in [5.74, 6) is -1.51. The fourth-order valence-corrected chi connectivity index (χ4v) is 5.42. The number of hydrogen-bond donors (Lipinski definition) is 1. The van der Waals surface area contributed by atoms with Crippen LogP contribution in [0.5, 0.6) is 0 Å². The average molecular weight is 490 g/mol. The van der Waals surface area contributed by atoms with E-state index in [1.54, 1.807) is 6.92 Å². The van der Waals surface area contributed by atoms with Gasteiger partial charge < -0.3 is 10.1 Å². The lowest BCUT2D eigenvalue weighted by Gasteiger charge is -2.30. The van der Waals surface area contributed by atoms with Crippen molar-refractivity contribution >= 4 is 27.6 Å². The average Bonchev–Trinajstić information content (AvgIpc) is 2.83. The van der Waals surface area contributed by atoms with Gasteiger partial charge in [-0.05, 0) is 37.8 Å². The zero-order chi connectivity index (χ0) is 24.9. The molecule has 2 aromatic carbocycles. The highest BCUT2D eigenvalue weighted by Gasteiger charge is 2.35. The van der Waals surface area contributed by atoms with Crippen molar-refractivity contribution in [1.29, 1.82) is 0 Å². The number of non-ortho nitro benzene ring substituents is 1. The van der Waals surface area contributed by atoms with Crippen LogP contribution in [0.15, 0.2) is 53.4 Å². The van der Waals surface area contributed by atoms with Crippen LogP contribution in [-0.2, 0) is 30.9 Å². The van der Waals surface area contributed by atoms with Gasteiger partial charge in [-0.3, -0.25) is 19.7 Å². The minimum absolute atomic E-state index is 0.0683. The number of nitrogens with one attached hydrogen (secondary N) is 1. The molecule has 1 heterocycles. The molecule has 0 spiro atoms. The Labute approximate surface area is 198 Å². The number of carbonyl (C=O) groups is 2. The van der Waals surface area contributed by atoms with E-state index in [0.29, 0.717) is 12.1 Å². The van der Waals surface area contributed by atoms with Crippen molar-refractivity contribution in [2.24, 2.45) is 5.92 Å². The number of nitrogens with zero attached hydrogens (tertiary/aromatic N) is 2. The normalized spacial score (nSPS) is 15.9. The van der Waals surface area contributed by atoms with Gasteiger partial charge in [0.05, 0.1) is 15.7 Å². The molecule has 0 aliphatic carbocycles. The summed E-state index contributed by atoms with van der Waals surface area (Å²) in [4.78, 5) is 35.1. The molecule has 34 heavy (non-hydrogen) atoms. The maximum Gasteiger partial charge on any atom is 0.309 e. The molecule has 0 radical (unpaired) electrons. The van der Waals surface area contributed by atoms with Gasteiger partial charge in [0.25, 0.3) is 11.6 Å². The Morgan fingerprint density at radius 3 is 2.44 bits per heavy atom. The zero-order valence-corrected chi connectivity index (χ0v) is 19.8. The van der Waals surface area contributed by atoms with Crippen LogP contribution < -0.4 is 5.32 Å². The molecule has 182 valence electrons. The van der Waals surface area contributed by atoms with Gasteiger partial charge in [-0.15, -0.1) is 0 Å². The van der Waals surface area contributed by atoms with Crippen molar-refractivity contribution in [1.82, 2.24) is 9.62 Å². The van der Waals surface area contributed by atoms with E-state index in [4.69, 9.17) is 4.74 Å². The highest BCUT2D eigenvalue weighted by molar-refractivity contribution is 7.89. The van der Waals surface area contributed by atoms with E-state index >= 15 is 0 Å². The first-order valence-electron chi connectivity index (χ1n) is 10.9. The van der Waals surface area contributed by atoms with E-state index in [-0.39, 0.29) is 36.5 Å². The Kier molecular flexibility index (Phi) is 8.00. The van der Waals surface area contributed by atoms with Gasteiger partial charge in [0.2, 0.25) is 10.0 Å². The van der Waals surface area contributed by atoms with Gasteiger partial charge in [-0.1, -0.05) is 36.4 Å². The second-order valence-electron chi connectivity index (χ2n) is 8.17. The van der Waals surface area contributed by atoms with Gasteiger partial charge in [-0.25, -0.2) is 8.42 Å².